The number of ether oxygens (including phenoxy) is 1. The molecule has 0 fully saturated rings. The Balaban J connectivity index is 1.33. The van der Waals surface area contributed by atoms with Crippen molar-refractivity contribution in [2.75, 3.05) is 4.90 Å². The number of carbonyl (C=O) groups is 1. The van der Waals surface area contributed by atoms with Gasteiger partial charge in [-0.05, 0) is 72.5 Å². The normalized spacial score (nSPS) is 20.1. The van der Waals surface area contributed by atoms with E-state index < -0.39 is 0 Å². The van der Waals surface area contributed by atoms with E-state index in [-0.39, 0.29) is 11.7 Å². The molecule has 0 bridgehead atoms. The first-order valence-corrected chi connectivity index (χ1v) is 13.1. The SMILES string of the molecule is CC1=CC2=C(CC=C1)C(=O)C1C=CC=C(c3ccc(N(C4=CC=CC=CC4)c4ccccc4)cc3)C=C1O2. The molecular formula is C35H29NO2. The summed E-state index contributed by atoms with van der Waals surface area (Å²) in [6.45, 7) is 2.02. The molecule has 6 rings (SSSR count). The first kappa shape index (κ1) is 23.7. The maximum absolute atomic E-state index is 13.3. The van der Waals surface area contributed by atoms with E-state index in [0.717, 1.165) is 40.1 Å². The van der Waals surface area contributed by atoms with Crippen LogP contribution < -0.4 is 4.90 Å². The Kier molecular flexibility index (Phi) is 6.49. The molecule has 1 unspecified atom stereocenters. The summed E-state index contributed by atoms with van der Waals surface area (Å²) < 4.78 is 6.34. The van der Waals surface area contributed by atoms with Crippen molar-refractivity contribution in [3.05, 3.63) is 161 Å². The second-order valence-corrected chi connectivity index (χ2v) is 9.73. The molecule has 0 amide bonds. The van der Waals surface area contributed by atoms with Crippen LogP contribution in [0.1, 0.15) is 25.3 Å². The van der Waals surface area contributed by atoms with Gasteiger partial charge in [0.2, 0.25) is 0 Å². The van der Waals surface area contributed by atoms with Crippen molar-refractivity contribution in [2.24, 2.45) is 5.92 Å². The van der Waals surface area contributed by atoms with Crippen LogP contribution in [-0.2, 0) is 9.53 Å². The van der Waals surface area contributed by atoms with Gasteiger partial charge in [-0.1, -0.05) is 85.0 Å². The third kappa shape index (κ3) is 4.71. The summed E-state index contributed by atoms with van der Waals surface area (Å²) in [6.07, 6.45) is 26.1. The monoisotopic (exact) mass is 495 g/mol. The predicted molar refractivity (Wildman–Crippen MR) is 155 cm³/mol. The van der Waals surface area contributed by atoms with E-state index >= 15 is 0 Å². The zero-order valence-electron chi connectivity index (χ0n) is 21.4. The number of rotatable bonds is 4. The molecular weight excluding hydrogens is 466 g/mol. The van der Waals surface area contributed by atoms with Crippen molar-refractivity contribution in [1.29, 1.82) is 0 Å². The Morgan fingerprint density at radius 2 is 1.63 bits per heavy atom. The highest BCUT2D eigenvalue weighted by Crippen LogP contribution is 2.38. The molecule has 2 aromatic rings. The van der Waals surface area contributed by atoms with Crippen LogP contribution in [0.5, 0.6) is 0 Å². The van der Waals surface area contributed by atoms with Crippen LogP contribution in [0.15, 0.2) is 156 Å². The molecule has 1 aliphatic heterocycles. The molecule has 0 radical (unpaired) electrons. The van der Waals surface area contributed by atoms with Gasteiger partial charge in [0, 0.05) is 29.1 Å². The summed E-state index contributed by atoms with van der Waals surface area (Å²) in [5.41, 5.74) is 7.33. The molecule has 3 nitrogen and oxygen atoms in total. The van der Waals surface area contributed by atoms with Gasteiger partial charge in [-0.3, -0.25) is 4.79 Å². The average molecular weight is 496 g/mol. The number of allylic oxidation sites excluding steroid dienone is 15. The molecule has 3 aliphatic carbocycles. The van der Waals surface area contributed by atoms with E-state index in [4.69, 9.17) is 4.74 Å². The molecule has 1 heterocycles. The van der Waals surface area contributed by atoms with Crippen molar-refractivity contribution < 1.29 is 9.53 Å². The van der Waals surface area contributed by atoms with E-state index in [0.29, 0.717) is 17.9 Å². The minimum atomic E-state index is -0.390. The maximum atomic E-state index is 13.3. The summed E-state index contributed by atoms with van der Waals surface area (Å²) in [6, 6.07) is 19.0. The van der Waals surface area contributed by atoms with Crippen LogP contribution in [0.2, 0.25) is 0 Å². The average Bonchev–Trinajstić information content (AvgIpc) is 3.40. The highest BCUT2D eigenvalue weighted by Gasteiger charge is 2.33. The van der Waals surface area contributed by atoms with Crippen molar-refractivity contribution in [3.63, 3.8) is 0 Å². The van der Waals surface area contributed by atoms with E-state index in [1.165, 1.54) is 5.70 Å². The third-order valence-corrected chi connectivity index (χ3v) is 7.08. The van der Waals surface area contributed by atoms with Gasteiger partial charge < -0.3 is 9.64 Å². The summed E-state index contributed by atoms with van der Waals surface area (Å²) in [5.74, 6) is 1.08. The van der Waals surface area contributed by atoms with Crippen molar-refractivity contribution in [2.45, 2.75) is 19.8 Å². The lowest BCUT2D eigenvalue weighted by molar-refractivity contribution is -0.118. The van der Waals surface area contributed by atoms with Crippen molar-refractivity contribution in [3.8, 4) is 0 Å². The number of ketones is 1. The number of hydrogen-bond acceptors (Lipinski definition) is 3. The molecule has 38 heavy (non-hydrogen) atoms. The number of benzene rings is 2. The van der Waals surface area contributed by atoms with Gasteiger partial charge in [0.1, 0.15) is 11.5 Å². The first-order chi connectivity index (χ1) is 18.7. The Bertz CT molecular complexity index is 1540. The minimum absolute atomic E-state index is 0.118. The van der Waals surface area contributed by atoms with E-state index in [1.807, 2.05) is 49.4 Å². The van der Waals surface area contributed by atoms with Gasteiger partial charge in [-0.2, -0.15) is 0 Å². The summed E-state index contributed by atoms with van der Waals surface area (Å²) in [7, 11) is 0. The zero-order chi connectivity index (χ0) is 25.9. The van der Waals surface area contributed by atoms with Crippen LogP contribution in [-0.4, -0.2) is 5.78 Å². The minimum Gasteiger partial charge on any atom is -0.460 e. The van der Waals surface area contributed by atoms with Gasteiger partial charge in [0.05, 0.1) is 5.92 Å². The second-order valence-electron chi connectivity index (χ2n) is 9.73. The molecule has 0 saturated carbocycles. The highest BCUT2D eigenvalue weighted by atomic mass is 16.5. The predicted octanol–water partition coefficient (Wildman–Crippen LogP) is 8.44. The quantitative estimate of drug-likeness (QED) is 0.426. The number of anilines is 2. The van der Waals surface area contributed by atoms with Gasteiger partial charge in [0.15, 0.2) is 5.78 Å². The summed E-state index contributed by atoms with van der Waals surface area (Å²) in [5, 5.41) is 0. The lowest BCUT2D eigenvalue weighted by Gasteiger charge is -2.27. The van der Waals surface area contributed by atoms with Gasteiger partial charge >= 0.3 is 0 Å². The number of para-hydroxylation sites is 1. The fourth-order valence-corrected chi connectivity index (χ4v) is 5.17. The maximum Gasteiger partial charge on any atom is 0.177 e. The van der Waals surface area contributed by atoms with Gasteiger partial charge in [-0.15, -0.1) is 0 Å². The fourth-order valence-electron chi connectivity index (χ4n) is 5.17. The molecule has 0 saturated heterocycles. The summed E-state index contributed by atoms with van der Waals surface area (Å²) >= 11 is 0. The lowest BCUT2D eigenvalue weighted by atomic mass is 9.90. The Morgan fingerprint density at radius 3 is 2.47 bits per heavy atom. The van der Waals surface area contributed by atoms with Crippen LogP contribution >= 0.6 is 0 Å². The number of fused-ring (bicyclic) bond motifs is 1. The van der Waals surface area contributed by atoms with E-state index in [2.05, 4.69) is 89.9 Å². The molecule has 2 aromatic carbocycles. The third-order valence-electron chi connectivity index (χ3n) is 7.08. The van der Waals surface area contributed by atoms with Crippen LogP contribution in [0.3, 0.4) is 0 Å². The van der Waals surface area contributed by atoms with Crippen LogP contribution in [0.4, 0.5) is 11.4 Å². The molecule has 0 spiro atoms. The standard InChI is InChI=1S/C35H29NO2/c1-25-11-9-17-31-33(23-25)38-34-24-27(12-10-18-32(34)35(31)37)26-19-21-30(22-20-26)36(29-15-7-4-8-16-29)28-13-5-2-3-6-14-28/h2-13,15-16,18-24,32H,14,17H2,1H3. The molecule has 0 N–H and O–H groups in total. The smallest absolute Gasteiger partial charge is 0.177 e. The Labute approximate surface area is 224 Å². The van der Waals surface area contributed by atoms with Gasteiger partial charge in [-0.25, -0.2) is 0 Å². The van der Waals surface area contributed by atoms with E-state index in [9.17, 15) is 4.79 Å². The zero-order valence-corrected chi connectivity index (χ0v) is 21.4. The number of hydrogen-bond donors (Lipinski definition) is 0. The van der Waals surface area contributed by atoms with E-state index in [1.54, 1.807) is 0 Å². The molecule has 1 atom stereocenters. The van der Waals surface area contributed by atoms with Crippen molar-refractivity contribution in [1.82, 2.24) is 0 Å². The van der Waals surface area contributed by atoms with Crippen LogP contribution in [0, 0.1) is 5.92 Å². The number of carbonyl (C=O) groups excluding carboxylic acids is 1. The second kappa shape index (κ2) is 10.4. The molecule has 3 heteroatoms. The summed E-state index contributed by atoms with van der Waals surface area (Å²) in [4.78, 5) is 15.6. The Morgan fingerprint density at radius 1 is 0.816 bits per heavy atom. The molecule has 4 aliphatic rings. The van der Waals surface area contributed by atoms with Gasteiger partial charge in [0.25, 0.3) is 0 Å². The van der Waals surface area contributed by atoms with Crippen LogP contribution in [0.25, 0.3) is 5.57 Å². The molecule has 0 aromatic heterocycles. The van der Waals surface area contributed by atoms with Crippen molar-refractivity contribution >= 4 is 22.7 Å². The molecule has 186 valence electrons. The number of nitrogens with zero attached hydrogens (tertiary/aromatic N) is 1. The first-order valence-electron chi connectivity index (χ1n) is 13.1. The number of Topliss-reactive ketones (excluding diaryl/α,β-unsaturated/α-hetero) is 1. The lowest BCUT2D eigenvalue weighted by Crippen LogP contribution is -2.24. The Hall–Kier alpha value is -4.63. The largest absolute Gasteiger partial charge is 0.460 e. The fraction of sp³-hybridized carbons (Fsp3) is 0.114. The highest BCUT2D eigenvalue weighted by molar-refractivity contribution is 6.02. The topological polar surface area (TPSA) is 29.5 Å².